The molecule has 0 aromatic heterocycles. The van der Waals surface area contributed by atoms with E-state index in [1.165, 1.54) is 0 Å². The highest BCUT2D eigenvalue weighted by Gasteiger charge is 2.21. The van der Waals surface area contributed by atoms with Crippen molar-refractivity contribution < 1.29 is 9.53 Å². The Labute approximate surface area is 104 Å². The Morgan fingerprint density at radius 1 is 1.47 bits per heavy atom. The summed E-state index contributed by atoms with van der Waals surface area (Å²) >= 11 is 0. The molecular formula is C12H25N3O2. The number of alkyl carbamates (subject to hydrolysis) is 1. The molecular weight excluding hydrogens is 218 g/mol. The molecule has 1 fully saturated rings. The van der Waals surface area contributed by atoms with Gasteiger partial charge in [-0.05, 0) is 27.2 Å². The van der Waals surface area contributed by atoms with Gasteiger partial charge in [0.15, 0.2) is 0 Å². The van der Waals surface area contributed by atoms with Crippen molar-refractivity contribution in [3.05, 3.63) is 0 Å². The lowest BCUT2D eigenvalue weighted by molar-refractivity contribution is 0.0520. The lowest BCUT2D eigenvalue weighted by Crippen LogP contribution is -2.59. The Kier molecular flexibility index (Phi) is 5.21. The van der Waals surface area contributed by atoms with Gasteiger partial charge in [-0.15, -0.1) is 0 Å². The summed E-state index contributed by atoms with van der Waals surface area (Å²) in [4.78, 5) is 11.5. The molecule has 1 heterocycles. The fourth-order valence-electron chi connectivity index (χ4n) is 1.58. The normalized spacial score (nSPS) is 18.4. The second-order valence-corrected chi connectivity index (χ2v) is 5.51. The van der Waals surface area contributed by atoms with Crippen LogP contribution in [0.1, 0.15) is 34.1 Å². The van der Waals surface area contributed by atoms with Crippen molar-refractivity contribution in [2.75, 3.05) is 19.6 Å². The van der Waals surface area contributed by atoms with Gasteiger partial charge in [0, 0.05) is 31.7 Å². The van der Waals surface area contributed by atoms with E-state index in [4.69, 9.17) is 4.74 Å². The Morgan fingerprint density at radius 2 is 2.12 bits per heavy atom. The van der Waals surface area contributed by atoms with Gasteiger partial charge in [-0.1, -0.05) is 6.92 Å². The van der Waals surface area contributed by atoms with Crippen LogP contribution in [0.2, 0.25) is 0 Å². The summed E-state index contributed by atoms with van der Waals surface area (Å²) in [6.45, 7) is 10.3. The molecule has 0 bridgehead atoms. The molecule has 1 amide bonds. The molecule has 3 N–H and O–H groups in total. The number of ether oxygens (including phenoxy) is 1. The van der Waals surface area contributed by atoms with Gasteiger partial charge in [0.25, 0.3) is 0 Å². The summed E-state index contributed by atoms with van der Waals surface area (Å²) in [6.07, 6.45) is 0.649. The minimum absolute atomic E-state index is 0.314. The van der Waals surface area contributed by atoms with Gasteiger partial charge in [-0.3, -0.25) is 0 Å². The minimum atomic E-state index is -0.433. The van der Waals surface area contributed by atoms with Gasteiger partial charge < -0.3 is 20.7 Å². The molecule has 1 atom stereocenters. The summed E-state index contributed by atoms with van der Waals surface area (Å²) < 4.78 is 5.19. The zero-order valence-electron chi connectivity index (χ0n) is 11.3. The van der Waals surface area contributed by atoms with E-state index in [9.17, 15) is 4.79 Å². The zero-order valence-corrected chi connectivity index (χ0v) is 11.3. The van der Waals surface area contributed by atoms with Crippen molar-refractivity contribution in [2.24, 2.45) is 0 Å². The summed E-state index contributed by atoms with van der Waals surface area (Å²) in [5, 5.41) is 9.50. The first-order valence-electron chi connectivity index (χ1n) is 6.34. The van der Waals surface area contributed by atoms with Crippen LogP contribution in [0.5, 0.6) is 0 Å². The van der Waals surface area contributed by atoms with Crippen LogP contribution in [-0.2, 0) is 4.74 Å². The van der Waals surface area contributed by atoms with Crippen molar-refractivity contribution in [1.29, 1.82) is 0 Å². The second kappa shape index (κ2) is 6.21. The molecule has 5 nitrogen and oxygen atoms in total. The molecule has 100 valence electrons. The fourth-order valence-corrected chi connectivity index (χ4v) is 1.58. The Bertz CT molecular complexity index is 247. The number of amides is 1. The predicted molar refractivity (Wildman–Crippen MR) is 68.1 cm³/mol. The number of rotatable bonds is 5. The summed E-state index contributed by atoms with van der Waals surface area (Å²) in [5.74, 6) is 0. The molecule has 1 aliphatic heterocycles. The first kappa shape index (κ1) is 14.3. The van der Waals surface area contributed by atoms with Gasteiger partial charge >= 0.3 is 6.09 Å². The quantitative estimate of drug-likeness (QED) is 0.670. The molecule has 5 heteroatoms. The summed E-state index contributed by atoms with van der Waals surface area (Å²) in [5.41, 5.74) is -0.433. The molecule has 1 unspecified atom stereocenters. The van der Waals surface area contributed by atoms with Crippen molar-refractivity contribution in [3.8, 4) is 0 Å². The molecule has 0 aromatic carbocycles. The van der Waals surface area contributed by atoms with E-state index >= 15 is 0 Å². The van der Waals surface area contributed by atoms with Crippen LogP contribution in [0.4, 0.5) is 4.79 Å². The van der Waals surface area contributed by atoms with Gasteiger partial charge in [0.05, 0.1) is 0 Å². The van der Waals surface area contributed by atoms with Crippen molar-refractivity contribution >= 4 is 6.09 Å². The maximum absolute atomic E-state index is 11.5. The van der Waals surface area contributed by atoms with E-state index in [0.29, 0.717) is 18.6 Å². The smallest absolute Gasteiger partial charge is 0.407 e. The summed E-state index contributed by atoms with van der Waals surface area (Å²) in [6, 6.07) is 0.856. The van der Waals surface area contributed by atoms with Gasteiger partial charge in [0.2, 0.25) is 0 Å². The van der Waals surface area contributed by atoms with Crippen molar-refractivity contribution in [1.82, 2.24) is 16.0 Å². The van der Waals surface area contributed by atoms with Gasteiger partial charge in [0.1, 0.15) is 5.60 Å². The first-order chi connectivity index (χ1) is 7.90. The third kappa shape index (κ3) is 5.89. The third-order valence-corrected chi connectivity index (χ3v) is 2.64. The maximum Gasteiger partial charge on any atom is 0.407 e. The van der Waals surface area contributed by atoms with Crippen LogP contribution in [-0.4, -0.2) is 43.4 Å². The largest absolute Gasteiger partial charge is 0.444 e. The Morgan fingerprint density at radius 3 is 2.53 bits per heavy atom. The average molecular weight is 243 g/mol. The predicted octanol–water partition coefficient (Wildman–Crippen LogP) is 0.851. The summed E-state index contributed by atoms with van der Waals surface area (Å²) in [7, 11) is 0. The zero-order chi connectivity index (χ0) is 12.9. The highest BCUT2D eigenvalue weighted by atomic mass is 16.6. The highest BCUT2D eigenvalue weighted by molar-refractivity contribution is 5.67. The number of carbonyl (C=O) groups excluding carboxylic acids is 1. The minimum Gasteiger partial charge on any atom is -0.444 e. The molecule has 1 rings (SSSR count). The van der Waals surface area contributed by atoms with Crippen molar-refractivity contribution in [3.63, 3.8) is 0 Å². The van der Waals surface area contributed by atoms with E-state index in [1.54, 1.807) is 0 Å². The van der Waals surface area contributed by atoms with E-state index in [1.807, 2.05) is 20.8 Å². The van der Waals surface area contributed by atoms with E-state index < -0.39 is 5.60 Å². The second-order valence-electron chi connectivity index (χ2n) is 5.51. The van der Waals surface area contributed by atoms with Crippen LogP contribution in [0.15, 0.2) is 0 Å². The molecule has 0 spiro atoms. The number of nitrogens with one attached hydrogen (secondary N) is 3. The van der Waals surface area contributed by atoms with Gasteiger partial charge in [-0.25, -0.2) is 4.79 Å². The van der Waals surface area contributed by atoms with Crippen LogP contribution >= 0.6 is 0 Å². The average Bonchev–Trinajstić information content (AvgIpc) is 2.12. The lowest BCUT2D eigenvalue weighted by Gasteiger charge is -2.32. The number of hydrogen-bond acceptors (Lipinski definition) is 4. The lowest BCUT2D eigenvalue weighted by atomic mass is 10.1. The standard InChI is InChI=1S/C12H25N3O2/c1-5-9(15-10-6-13-7-10)8-14-11(16)17-12(2,3)4/h9-10,13,15H,5-8H2,1-4H3,(H,14,16). The Hall–Kier alpha value is -0.810. The van der Waals surface area contributed by atoms with Crippen LogP contribution in [0, 0.1) is 0 Å². The van der Waals surface area contributed by atoms with E-state index in [0.717, 1.165) is 19.5 Å². The molecule has 1 saturated heterocycles. The van der Waals surface area contributed by atoms with E-state index in [2.05, 4.69) is 22.9 Å². The van der Waals surface area contributed by atoms with Crippen LogP contribution < -0.4 is 16.0 Å². The van der Waals surface area contributed by atoms with Crippen LogP contribution in [0.25, 0.3) is 0 Å². The fraction of sp³-hybridized carbons (Fsp3) is 0.917. The molecule has 0 radical (unpaired) electrons. The van der Waals surface area contributed by atoms with E-state index in [-0.39, 0.29) is 6.09 Å². The SMILES string of the molecule is CCC(CNC(=O)OC(C)(C)C)NC1CNC1. The molecule has 0 aliphatic carbocycles. The number of carbonyl (C=O) groups is 1. The number of hydrogen-bond donors (Lipinski definition) is 3. The van der Waals surface area contributed by atoms with Gasteiger partial charge in [-0.2, -0.15) is 0 Å². The maximum atomic E-state index is 11.5. The van der Waals surface area contributed by atoms with Crippen LogP contribution in [0.3, 0.4) is 0 Å². The molecule has 0 aromatic rings. The first-order valence-corrected chi connectivity index (χ1v) is 6.34. The van der Waals surface area contributed by atoms with Crippen molar-refractivity contribution in [2.45, 2.75) is 51.8 Å². The molecule has 0 saturated carbocycles. The molecule has 1 aliphatic rings. The molecule has 17 heavy (non-hydrogen) atoms. The Balaban J connectivity index is 2.19. The topological polar surface area (TPSA) is 62.4 Å². The highest BCUT2D eigenvalue weighted by Crippen LogP contribution is 2.06. The third-order valence-electron chi connectivity index (χ3n) is 2.64. The monoisotopic (exact) mass is 243 g/mol.